The van der Waals surface area contributed by atoms with Crippen LogP contribution < -0.4 is 4.74 Å². The molecular formula is C13H15F3O2. The van der Waals surface area contributed by atoms with Gasteiger partial charge in [0.1, 0.15) is 5.75 Å². The van der Waals surface area contributed by atoms with Gasteiger partial charge in [-0.15, -0.1) is 6.58 Å². The van der Waals surface area contributed by atoms with Crippen LogP contribution in [0.4, 0.5) is 13.2 Å². The van der Waals surface area contributed by atoms with E-state index in [9.17, 15) is 13.2 Å². The number of allylic oxidation sites excluding steroid dienone is 1. The predicted molar refractivity (Wildman–Crippen MR) is 62.3 cm³/mol. The molecule has 0 aliphatic rings. The van der Waals surface area contributed by atoms with E-state index in [0.29, 0.717) is 12.8 Å². The lowest BCUT2D eigenvalue weighted by Gasteiger charge is -2.14. The second kappa shape index (κ2) is 6.44. The Morgan fingerprint density at radius 2 is 2.06 bits per heavy atom. The minimum atomic E-state index is -4.49. The van der Waals surface area contributed by atoms with E-state index in [1.54, 1.807) is 6.08 Å². The first kappa shape index (κ1) is 14.6. The van der Waals surface area contributed by atoms with Crippen LogP contribution in [-0.2, 0) is 12.8 Å². The average Bonchev–Trinajstić information content (AvgIpc) is 2.33. The highest BCUT2D eigenvalue weighted by molar-refractivity contribution is 5.39. The highest BCUT2D eigenvalue weighted by Crippen LogP contribution is 2.36. The zero-order valence-electron chi connectivity index (χ0n) is 9.83. The van der Waals surface area contributed by atoms with Crippen molar-refractivity contribution in [2.75, 3.05) is 6.61 Å². The van der Waals surface area contributed by atoms with Crippen LogP contribution in [0.1, 0.15) is 24.0 Å². The highest BCUT2D eigenvalue weighted by atomic mass is 19.4. The van der Waals surface area contributed by atoms with Crippen molar-refractivity contribution < 1.29 is 23.0 Å². The van der Waals surface area contributed by atoms with Gasteiger partial charge >= 0.3 is 6.18 Å². The SMILES string of the molecule is C=CCCCOc1ccc(CO)cc1C(F)(F)F. The maximum absolute atomic E-state index is 12.8. The van der Waals surface area contributed by atoms with Crippen molar-refractivity contribution in [2.45, 2.75) is 25.6 Å². The first-order valence-corrected chi connectivity index (χ1v) is 5.53. The van der Waals surface area contributed by atoms with Crippen LogP contribution in [0, 0.1) is 0 Å². The summed E-state index contributed by atoms with van der Waals surface area (Å²) in [5.41, 5.74) is -0.645. The van der Waals surface area contributed by atoms with Gasteiger partial charge in [-0.3, -0.25) is 0 Å². The summed E-state index contributed by atoms with van der Waals surface area (Å²) < 4.78 is 43.4. The third-order valence-electron chi connectivity index (χ3n) is 2.34. The molecule has 0 saturated heterocycles. The highest BCUT2D eigenvalue weighted by Gasteiger charge is 2.34. The largest absolute Gasteiger partial charge is 0.493 e. The van der Waals surface area contributed by atoms with Crippen molar-refractivity contribution in [1.82, 2.24) is 0 Å². The first-order chi connectivity index (χ1) is 8.49. The van der Waals surface area contributed by atoms with Gasteiger partial charge in [0, 0.05) is 0 Å². The second-order valence-electron chi connectivity index (χ2n) is 3.77. The Bertz CT molecular complexity index is 400. The van der Waals surface area contributed by atoms with E-state index in [4.69, 9.17) is 9.84 Å². The maximum atomic E-state index is 12.8. The summed E-state index contributed by atoms with van der Waals surface area (Å²) in [6.45, 7) is 3.29. The molecule has 1 rings (SSSR count). The normalized spacial score (nSPS) is 11.3. The van der Waals surface area contributed by atoms with Crippen LogP contribution >= 0.6 is 0 Å². The average molecular weight is 260 g/mol. The Balaban J connectivity index is 2.85. The number of alkyl halides is 3. The fourth-order valence-electron chi connectivity index (χ4n) is 1.43. The molecule has 0 heterocycles. The third kappa shape index (κ3) is 4.07. The van der Waals surface area contributed by atoms with E-state index in [-0.39, 0.29) is 17.9 Å². The molecule has 1 N–H and O–H groups in total. The van der Waals surface area contributed by atoms with E-state index in [1.165, 1.54) is 12.1 Å². The zero-order chi connectivity index (χ0) is 13.6. The van der Waals surface area contributed by atoms with Crippen LogP contribution in [-0.4, -0.2) is 11.7 Å². The third-order valence-corrected chi connectivity index (χ3v) is 2.34. The van der Waals surface area contributed by atoms with Gasteiger partial charge in [0.15, 0.2) is 0 Å². The molecule has 0 bridgehead atoms. The van der Waals surface area contributed by atoms with Gasteiger partial charge in [0.25, 0.3) is 0 Å². The van der Waals surface area contributed by atoms with Crippen LogP contribution in [0.2, 0.25) is 0 Å². The molecule has 1 aromatic carbocycles. The zero-order valence-corrected chi connectivity index (χ0v) is 9.83. The van der Waals surface area contributed by atoms with Crippen molar-refractivity contribution in [3.05, 3.63) is 42.0 Å². The van der Waals surface area contributed by atoms with Crippen molar-refractivity contribution in [1.29, 1.82) is 0 Å². The molecular weight excluding hydrogens is 245 g/mol. The molecule has 0 unspecified atom stereocenters. The molecule has 0 radical (unpaired) electrons. The van der Waals surface area contributed by atoms with Crippen LogP contribution in [0.5, 0.6) is 5.75 Å². The Kier molecular flexibility index (Phi) is 5.22. The molecule has 0 saturated carbocycles. The Morgan fingerprint density at radius 1 is 1.33 bits per heavy atom. The van der Waals surface area contributed by atoms with Crippen molar-refractivity contribution >= 4 is 0 Å². The summed E-state index contributed by atoms with van der Waals surface area (Å²) in [6, 6.07) is 3.56. The summed E-state index contributed by atoms with van der Waals surface area (Å²) in [7, 11) is 0. The number of aliphatic hydroxyl groups is 1. The van der Waals surface area contributed by atoms with Crippen molar-refractivity contribution in [2.24, 2.45) is 0 Å². The number of benzene rings is 1. The summed E-state index contributed by atoms with van der Waals surface area (Å²) >= 11 is 0. The monoisotopic (exact) mass is 260 g/mol. The lowest BCUT2D eigenvalue weighted by atomic mass is 10.1. The summed E-state index contributed by atoms with van der Waals surface area (Å²) in [4.78, 5) is 0. The number of aliphatic hydroxyl groups excluding tert-OH is 1. The number of ether oxygens (including phenoxy) is 1. The smallest absolute Gasteiger partial charge is 0.419 e. The van der Waals surface area contributed by atoms with Crippen LogP contribution in [0.3, 0.4) is 0 Å². The molecule has 0 aromatic heterocycles. The number of halogens is 3. The minimum Gasteiger partial charge on any atom is -0.493 e. The molecule has 18 heavy (non-hydrogen) atoms. The summed E-state index contributed by atoms with van der Waals surface area (Å²) in [5.74, 6) is -0.205. The van der Waals surface area contributed by atoms with E-state index < -0.39 is 18.3 Å². The van der Waals surface area contributed by atoms with E-state index >= 15 is 0 Å². The van der Waals surface area contributed by atoms with E-state index in [1.807, 2.05) is 0 Å². The lowest BCUT2D eigenvalue weighted by molar-refractivity contribution is -0.139. The van der Waals surface area contributed by atoms with Crippen LogP contribution in [0.25, 0.3) is 0 Å². The van der Waals surface area contributed by atoms with E-state index in [2.05, 4.69) is 6.58 Å². The van der Waals surface area contributed by atoms with Gasteiger partial charge in [-0.25, -0.2) is 0 Å². The van der Waals surface area contributed by atoms with E-state index in [0.717, 1.165) is 6.07 Å². The van der Waals surface area contributed by atoms with Gasteiger partial charge in [0.05, 0.1) is 18.8 Å². The van der Waals surface area contributed by atoms with Gasteiger partial charge < -0.3 is 9.84 Å². The molecule has 5 heteroatoms. The molecule has 1 aromatic rings. The number of rotatable bonds is 6. The van der Waals surface area contributed by atoms with Gasteiger partial charge in [-0.05, 0) is 30.5 Å². The lowest BCUT2D eigenvalue weighted by Crippen LogP contribution is -2.10. The second-order valence-corrected chi connectivity index (χ2v) is 3.77. The number of hydrogen-bond donors (Lipinski definition) is 1. The van der Waals surface area contributed by atoms with Crippen LogP contribution in [0.15, 0.2) is 30.9 Å². The number of unbranched alkanes of at least 4 members (excludes halogenated alkanes) is 1. The van der Waals surface area contributed by atoms with Gasteiger partial charge in [-0.1, -0.05) is 12.1 Å². The van der Waals surface area contributed by atoms with Gasteiger partial charge in [-0.2, -0.15) is 13.2 Å². The molecule has 0 aliphatic heterocycles. The molecule has 0 atom stereocenters. The minimum absolute atomic E-state index is 0.202. The van der Waals surface area contributed by atoms with Gasteiger partial charge in [0.2, 0.25) is 0 Å². The predicted octanol–water partition coefficient (Wildman–Crippen LogP) is 3.54. The fraction of sp³-hybridized carbons (Fsp3) is 0.385. The quantitative estimate of drug-likeness (QED) is 0.626. The number of hydrogen-bond acceptors (Lipinski definition) is 2. The standard InChI is InChI=1S/C13H15F3O2/c1-2-3-4-7-18-12-6-5-10(9-17)8-11(12)13(14,15)16/h2,5-6,8,17H,1,3-4,7,9H2. The summed E-state index contributed by atoms with van der Waals surface area (Å²) in [6.07, 6.45) is -1.50. The van der Waals surface area contributed by atoms with Crippen molar-refractivity contribution in [3.63, 3.8) is 0 Å². The van der Waals surface area contributed by atoms with Crippen molar-refractivity contribution in [3.8, 4) is 5.75 Å². The Labute approximate surface area is 104 Å². The molecule has 0 amide bonds. The summed E-state index contributed by atoms with van der Waals surface area (Å²) in [5, 5.41) is 8.85. The Hall–Kier alpha value is -1.49. The molecule has 0 spiro atoms. The molecule has 2 nitrogen and oxygen atoms in total. The molecule has 100 valence electrons. The maximum Gasteiger partial charge on any atom is 0.419 e. The Morgan fingerprint density at radius 3 is 2.61 bits per heavy atom. The fourth-order valence-corrected chi connectivity index (χ4v) is 1.43. The molecule has 0 fully saturated rings. The topological polar surface area (TPSA) is 29.5 Å². The molecule has 0 aliphatic carbocycles. The first-order valence-electron chi connectivity index (χ1n) is 5.53.